The summed E-state index contributed by atoms with van der Waals surface area (Å²) in [6.07, 6.45) is 8.03. The predicted octanol–water partition coefficient (Wildman–Crippen LogP) is 2.22. The van der Waals surface area contributed by atoms with Crippen LogP contribution in [0, 0.1) is 5.92 Å². The molecule has 4 N–H and O–H groups in total. The second-order valence-corrected chi connectivity index (χ2v) is 5.55. The van der Waals surface area contributed by atoms with E-state index in [0.717, 1.165) is 31.4 Å². The smallest absolute Gasteiger partial charge is 0.407 e. The van der Waals surface area contributed by atoms with E-state index in [4.69, 9.17) is 14.9 Å². The number of nitrogens with zero attached hydrogens (tertiary/aromatic N) is 1. The Kier molecular flexibility index (Phi) is 12.9. The Hall–Kier alpha value is -2.84. The molecule has 0 saturated heterocycles. The third-order valence-corrected chi connectivity index (χ3v) is 3.35. The van der Waals surface area contributed by atoms with Crippen molar-refractivity contribution in [2.75, 3.05) is 13.2 Å². The maximum absolute atomic E-state index is 11.3. The highest BCUT2D eigenvalue weighted by Gasteiger charge is 2.03. The van der Waals surface area contributed by atoms with Crippen molar-refractivity contribution in [1.82, 2.24) is 15.3 Å². The number of imidazole rings is 1. The van der Waals surface area contributed by atoms with E-state index in [0.29, 0.717) is 31.2 Å². The van der Waals surface area contributed by atoms with Crippen LogP contribution >= 0.6 is 0 Å². The molecule has 1 rings (SSSR count). The summed E-state index contributed by atoms with van der Waals surface area (Å²) < 4.78 is 5.07. The van der Waals surface area contributed by atoms with Crippen molar-refractivity contribution in [1.29, 1.82) is 0 Å². The molecule has 26 heavy (non-hydrogen) atoms. The molecule has 0 bridgehead atoms. The van der Waals surface area contributed by atoms with Gasteiger partial charge in [0, 0.05) is 30.6 Å². The largest absolute Gasteiger partial charge is 0.478 e. The first kappa shape index (κ1) is 23.2. The van der Waals surface area contributed by atoms with Crippen LogP contribution in [0.1, 0.15) is 38.8 Å². The number of aromatic nitrogens is 2. The first-order chi connectivity index (χ1) is 12.3. The summed E-state index contributed by atoms with van der Waals surface area (Å²) in [4.78, 5) is 37.4. The summed E-state index contributed by atoms with van der Waals surface area (Å²) in [5, 5.41) is 18.4. The molecule has 0 aromatic carbocycles. The normalized spacial score (nSPS) is 11.3. The molecule has 0 aliphatic carbocycles. The molecule has 1 amide bonds. The van der Waals surface area contributed by atoms with Crippen LogP contribution in [0.2, 0.25) is 0 Å². The summed E-state index contributed by atoms with van der Waals surface area (Å²) in [6, 6.07) is 0. The summed E-state index contributed by atoms with van der Waals surface area (Å²) in [7, 11) is 0. The van der Waals surface area contributed by atoms with E-state index in [1.807, 2.05) is 0 Å². The molecule has 1 unspecified atom stereocenters. The van der Waals surface area contributed by atoms with Crippen molar-refractivity contribution in [2.24, 2.45) is 5.92 Å². The number of H-pyrrole nitrogens is 1. The van der Waals surface area contributed by atoms with Crippen LogP contribution in [-0.4, -0.2) is 51.4 Å². The number of amides is 1. The minimum absolute atomic E-state index is 0.317. The van der Waals surface area contributed by atoms with Gasteiger partial charge in [-0.3, -0.25) is 0 Å². The Labute approximate surface area is 152 Å². The average Bonchev–Trinajstić information content (AvgIpc) is 3.10. The van der Waals surface area contributed by atoms with Gasteiger partial charge in [-0.1, -0.05) is 20.3 Å². The highest BCUT2D eigenvalue weighted by atomic mass is 16.5. The number of hydrogen-bond donors (Lipinski definition) is 4. The van der Waals surface area contributed by atoms with Crippen LogP contribution in [-0.2, 0) is 20.7 Å². The van der Waals surface area contributed by atoms with Crippen molar-refractivity contribution in [3.05, 3.63) is 30.4 Å². The quantitative estimate of drug-likeness (QED) is 0.366. The summed E-state index contributed by atoms with van der Waals surface area (Å²) in [5.41, 5.74) is 1.07. The van der Waals surface area contributed by atoms with Gasteiger partial charge in [0.1, 0.15) is 0 Å². The van der Waals surface area contributed by atoms with E-state index in [1.165, 1.54) is 0 Å². The molecular formula is C17H27N3O6. The maximum atomic E-state index is 11.3. The number of nitrogens with one attached hydrogen (secondary N) is 2. The van der Waals surface area contributed by atoms with E-state index >= 15 is 0 Å². The zero-order chi connectivity index (χ0) is 19.8. The standard InChI is InChI=1S/C13H23N3O2.C4H4O4/c1-3-11(2)6-7-15-13(17)18-8-4-5-12-9-14-10-16-12;5-3(6)1-2-4(7)8/h9-11H,3-8H2,1-2H3,(H,14,16)(H,15,17);1-2H,(H,5,6)(H,7,8)/b;2-1+. The highest BCUT2D eigenvalue weighted by Crippen LogP contribution is 2.04. The fourth-order valence-corrected chi connectivity index (χ4v) is 1.67. The number of rotatable bonds is 10. The van der Waals surface area contributed by atoms with E-state index < -0.39 is 11.9 Å². The zero-order valence-corrected chi connectivity index (χ0v) is 15.1. The molecule has 0 aliphatic heterocycles. The highest BCUT2D eigenvalue weighted by molar-refractivity contribution is 5.89. The maximum Gasteiger partial charge on any atom is 0.407 e. The van der Waals surface area contributed by atoms with Gasteiger partial charge < -0.3 is 25.3 Å². The van der Waals surface area contributed by atoms with Crippen LogP contribution in [0.15, 0.2) is 24.7 Å². The van der Waals surface area contributed by atoms with Gasteiger partial charge in [0.15, 0.2) is 0 Å². The number of aliphatic carboxylic acids is 2. The van der Waals surface area contributed by atoms with Gasteiger partial charge in [-0.15, -0.1) is 0 Å². The van der Waals surface area contributed by atoms with E-state index in [-0.39, 0.29) is 6.09 Å². The summed E-state index contributed by atoms with van der Waals surface area (Å²) >= 11 is 0. The molecule has 1 aromatic rings. The number of carboxylic acids is 2. The molecule has 0 aliphatic rings. The molecule has 0 fully saturated rings. The zero-order valence-electron chi connectivity index (χ0n) is 15.1. The van der Waals surface area contributed by atoms with E-state index in [1.54, 1.807) is 12.5 Å². The molecule has 1 heterocycles. The predicted molar refractivity (Wildman–Crippen MR) is 94.7 cm³/mol. The molecule has 146 valence electrons. The van der Waals surface area contributed by atoms with Crippen LogP contribution in [0.25, 0.3) is 0 Å². The van der Waals surface area contributed by atoms with Crippen LogP contribution < -0.4 is 5.32 Å². The summed E-state index contributed by atoms with van der Waals surface area (Å²) in [5.74, 6) is -1.87. The van der Waals surface area contributed by atoms with Gasteiger partial charge in [-0.2, -0.15) is 0 Å². The number of ether oxygens (including phenoxy) is 1. The molecule has 0 radical (unpaired) electrons. The number of alkyl carbamates (subject to hydrolysis) is 1. The van der Waals surface area contributed by atoms with Crippen molar-refractivity contribution >= 4 is 18.0 Å². The fraction of sp³-hybridized carbons (Fsp3) is 0.529. The second kappa shape index (κ2) is 14.5. The van der Waals surface area contributed by atoms with E-state index in [9.17, 15) is 14.4 Å². The Morgan fingerprint density at radius 1 is 1.31 bits per heavy atom. The lowest BCUT2D eigenvalue weighted by Gasteiger charge is -2.09. The lowest BCUT2D eigenvalue weighted by Crippen LogP contribution is -2.26. The average molecular weight is 369 g/mol. The number of aryl methyl sites for hydroxylation is 1. The van der Waals surface area contributed by atoms with Crippen molar-refractivity contribution in [3.8, 4) is 0 Å². The third kappa shape index (κ3) is 14.7. The van der Waals surface area contributed by atoms with Gasteiger partial charge in [0.25, 0.3) is 0 Å². The van der Waals surface area contributed by atoms with Gasteiger partial charge in [-0.25, -0.2) is 19.4 Å². The molecule has 1 aromatic heterocycles. The van der Waals surface area contributed by atoms with Crippen LogP contribution in [0.3, 0.4) is 0 Å². The fourth-order valence-electron chi connectivity index (χ4n) is 1.67. The van der Waals surface area contributed by atoms with E-state index in [2.05, 4.69) is 29.1 Å². The number of hydrogen-bond acceptors (Lipinski definition) is 5. The number of carbonyl (C=O) groups is 3. The minimum atomic E-state index is -1.26. The van der Waals surface area contributed by atoms with Gasteiger partial charge in [-0.05, 0) is 25.2 Å². The van der Waals surface area contributed by atoms with Crippen LogP contribution in [0.5, 0.6) is 0 Å². The van der Waals surface area contributed by atoms with Crippen molar-refractivity contribution in [2.45, 2.75) is 39.5 Å². The molecule has 0 spiro atoms. The first-order valence-electron chi connectivity index (χ1n) is 8.36. The Morgan fingerprint density at radius 3 is 2.46 bits per heavy atom. The number of carbonyl (C=O) groups excluding carboxylic acids is 1. The first-order valence-corrected chi connectivity index (χ1v) is 8.36. The topological polar surface area (TPSA) is 142 Å². The lowest BCUT2D eigenvalue weighted by molar-refractivity contribution is -0.134. The number of carboxylic acid groups (broad SMARTS) is 2. The third-order valence-electron chi connectivity index (χ3n) is 3.35. The summed E-state index contributed by atoms with van der Waals surface area (Å²) in [6.45, 7) is 5.46. The Morgan fingerprint density at radius 2 is 1.96 bits per heavy atom. The Balaban J connectivity index is 0.000000660. The van der Waals surface area contributed by atoms with Gasteiger partial charge in [0.2, 0.25) is 0 Å². The Bertz CT molecular complexity index is 541. The van der Waals surface area contributed by atoms with Crippen molar-refractivity contribution in [3.63, 3.8) is 0 Å². The van der Waals surface area contributed by atoms with Crippen LogP contribution in [0.4, 0.5) is 4.79 Å². The molecular weight excluding hydrogens is 342 g/mol. The molecule has 9 heteroatoms. The van der Waals surface area contributed by atoms with Gasteiger partial charge >= 0.3 is 18.0 Å². The lowest BCUT2D eigenvalue weighted by atomic mass is 10.1. The molecule has 1 atom stereocenters. The van der Waals surface area contributed by atoms with Crippen molar-refractivity contribution < 1.29 is 29.3 Å². The SMILES string of the molecule is CCC(C)CCNC(=O)OCCCc1cnc[nH]1.O=C(O)/C=C/C(=O)O. The minimum Gasteiger partial charge on any atom is -0.478 e. The molecule has 9 nitrogen and oxygen atoms in total. The number of aromatic amines is 1. The second-order valence-electron chi connectivity index (χ2n) is 5.55. The monoisotopic (exact) mass is 369 g/mol. The molecule has 0 saturated carbocycles. The van der Waals surface area contributed by atoms with Gasteiger partial charge in [0.05, 0.1) is 12.9 Å².